The number of fused-ring (bicyclic) bond motifs is 1. The lowest BCUT2D eigenvalue weighted by molar-refractivity contribution is -0.137. The lowest BCUT2D eigenvalue weighted by Gasteiger charge is -2.08. The second kappa shape index (κ2) is 4.18. The van der Waals surface area contributed by atoms with Crippen LogP contribution in [0.15, 0.2) is 24.4 Å². The monoisotopic (exact) mass is 237 g/mol. The number of nitrogens with one attached hydrogen (secondary N) is 1. The smallest absolute Gasteiger partial charge is 0.303 e. The summed E-state index contributed by atoms with van der Waals surface area (Å²) >= 11 is 5.96. The molecule has 1 heterocycles. The Kier molecular flexibility index (Phi) is 2.88. The van der Waals surface area contributed by atoms with E-state index in [1.807, 2.05) is 25.1 Å². The molecule has 0 saturated carbocycles. The summed E-state index contributed by atoms with van der Waals surface area (Å²) in [4.78, 5) is 13.7. The largest absolute Gasteiger partial charge is 0.481 e. The fourth-order valence-electron chi connectivity index (χ4n) is 1.79. The first-order valence-corrected chi connectivity index (χ1v) is 5.44. The molecule has 2 N–H and O–H groups in total. The van der Waals surface area contributed by atoms with Crippen LogP contribution in [0.1, 0.15) is 24.8 Å². The highest BCUT2D eigenvalue weighted by atomic mass is 35.5. The highest BCUT2D eigenvalue weighted by Crippen LogP contribution is 2.27. The lowest BCUT2D eigenvalue weighted by Crippen LogP contribution is -2.02. The first-order chi connectivity index (χ1) is 7.58. The minimum absolute atomic E-state index is 0.00368. The Hall–Kier alpha value is -1.48. The van der Waals surface area contributed by atoms with Crippen LogP contribution < -0.4 is 0 Å². The van der Waals surface area contributed by atoms with Crippen molar-refractivity contribution in [3.8, 4) is 0 Å². The predicted octanol–water partition coefficient (Wildman–Crippen LogP) is 3.40. The van der Waals surface area contributed by atoms with Gasteiger partial charge in [0.2, 0.25) is 0 Å². The standard InChI is InChI=1S/C12H12ClNO2/c1-7(4-12(15)16)8-2-3-9-10(13)6-14-11(9)5-8/h2-3,5-7,14H,4H2,1H3,(H,15,16). The van der Waals surface area contributed by atoms with E-state index in [0.717, 1.165) is 16.5 Å². The van der Waals surface area contributed by atoms with Gasteiger partial charge in [0.05, 0.1) is 11.4 Å². The van der Waals surface area contributed by atoms with E-state index in [0.29, 0.717) is 5.02 Å². The van der Waals surface area contributed by atoms with Gasteiger partial charge in [-0.15, -0.1) is 0 Å². The van der Waals surface area contributed by atoms with Crippen molar-refractivity contribution in [1.29, 1.82) is 0 Å². The van der Waals surface area contributed by atoms with Crippen LogP contribution in [-0.4, -0.2) is 16.1 Å². The van der Waals surface area contributed by atoms with Crippen LogP contribution in [0.2, 0.25) is 5.02 Å². The number of benzene rings is 1. The molecule has 0 aliphatic heterocycles. The second-order valence-corrected chi connectivity index (χ2v) is 4.35. The van der Waals surface area contributed by atoms with Gasteiger partial charge in [0.15, 0.2) is 0 Å². The van der Waals surface area contributed by atoms with Gasteiger partial charge in [-0.05, 0) is 17.5 Å². The summed E-state index contributed by atoms with van der Waals surface area (Å²) in [5.41, 5.74) is 1.95. The maximum absolute atomic E-state index is 10.6. The molecule has 2 aromatic rings. The molecule has 0 spiro atoms. The number of carboxylic acids is 1. The maximum Gasteiger partial charge on any atom is 0.303 e. The molecule has 1 aromatic heterocycles. The Morgan fingerprint density at radius 3 is 3.00 bits per heavy atom. The predicted molar refractivity (Wildman–Crippen MR) is 64.0 cm³/mol. The number of carboxylic acid groups (broad SMARTS) is 1. The molecule has 0 bridgehead atoms. The van der Waals surface area contributed by atoms with Crippen LogP contribution in [0.4, 0.5) is 0 Å². The average Bonchev–Trinajstić information content (AvgIpc) is 2.59. The van der Waals surface area contributed by atoms with E-state index in [1.54, 1.807) is 6.20 Å². The molecule has 1 atom stereocenters. The molecule has 0 saturated heterocycles. The molecular weight excluding hydrogens is 226 g/mol. The zero-order valence-corrected chi connectivity index (χ0v) is 9.58. The fraction of sp³-hybridized carbons (Fsp3) is 0.250. The van der Waals surface area contributed by atoms with Crippen LogP contribution in [-0.2, 0) is 4.79 Å². The normalized spacial score (nSPS) is 12.9. The molecule has 1 unspecified atom stereocenters. The molecule has 2 rings (SSSR count). The van der Waals surface area contributed by atoms with Crippen LogP contribution in [0.3, 0.4) is 0 Å². The van der Waals surface area contributed by atoms with Crippen molar-refractivity contribution < 1.29 is 9.90 Å². The topological polar surface area (TPSA) is 53.1 Å². The van der Waals surface area contributed by atoms with Gasteiger partial charge in [-0.25, -0.2) is 0 Å². The molecule has 0 radical (unpaired) electrons. The molecule has 0 fully saturated rings. The highest BCUT2D eigenvalue weighted by Gasteiger charge is 2.11. The van der Waals surface area contributed by atoms with Gasteiger partial charge in [0.25, 0.3) is 0 Å². The van der Waals surface area contributed by atoms with Gasteiger partial charge >= 0.3 is 5.97 Å². The third-order valence-corrected chi connectivity index (χ3v) is 3.02. The van der Waals surface area contributed by atoms with E-state index in [1.165, 1.54) is 0 Å². The van der Waals surface area contributed by atoms with Gasteiger partial charge in [-0.2, -0.15) is 0 Å². The molecule has 16 heavy (non-hydrogen) atoms. The van der Waals surface area contributed by atoms with E-state index in [4.69, 9.17) is 16.7 Å². The van der Waals surface area contributed by atoms with E-state index in [-0.39, 0.29) is 12.3 Å². The summed E-state index contributed by atoms with van der Waals surface area (Å²) in [6.45, 7) is 1.90. The van der Waals surface area contributed by atoms with Gasteiger partial charge in [-0.3, -0.25) is 4.79 Å². The van der Waals surface area contributed by atoms with Gasteiger partial charge in [-0.1, -0.05) is 30.7 Å². The van der Waals surface area contributed by atoms with Gasteiger partial charge in [0, 0.05) is 17.1 Å². The van der Waals surface area contributed by atoms with Gasteiger partial charge < -0.3 is 10.1 Å². The van der Waals surface area contributed by atoms with Crippen molar-refractivity contribution in [2.45, 2.75) is 19.3 Å². The number of aromatic nitrogens is 1. The molecule has 0 amide bonds. The molecular formula is C12H12ClNO2. The SMILES string of the molecule is CC(CC(=O)O)c1ccc2c(Cl)c[nH]c2c1. The molecule has 0 aliphatic rings. The quantitative estimate of drug-likeness (QED) is 0.860. The van der Waals surface area contributed by atoms with Crippen molar-refractivity contribution in [2.24, 2.45) is 0 Å². The van der Waals surface area contributed by atoms with E-state index in [9.17, 15) is 4.79 Å². The molecule has 84 valence electrons. The van der Waals surface area contributed by atoms with Crippen LogP contribution in [0.25, 0.3) is 10.9 Å². The van der Waals surface area contributed by atoms with E-state index in [2.05, 4.69) is 4.98 Å². The second-order valence-electron chi connectivity index (χ2n) is 3.94. The number of H-pyrrole nitrogens is 1. The first-order valence-electron chi connectivity index (χ1n) is 5.06. The number of carbonyl (C=O) groups is 1. The molecule has 0 aliphatic carbocycles. The number of hydrogen-bond acceptors (Lipinski definition) is 1. The Morgan fingerprint density at radius 1 is 1.56 bits per heavy atom. The third kappa shape index (κ3) is 2.04. The minimum Gasteiger partial charge on any atom is -0.481 e. The Morgan fingerprint density at radius 2 is 2.31 bits per heavy atom. The molecule has 1 aromatic carbocycles. The summed E-state index contributed by atoms with van der Waals surface area (Å²) < 4.78 is 0. The van der Waals surface area contributed by atoms with E-state index < -0.39 is 5.97 Å². The maximum atomic E-state index is 10.6. The summed E-state index contributed by atoms with van der Waals surface area (Å²) in [5, 5.41) is 10.4. The number of hydrogen-bond donors (Lipinski definition) is 2. The van der Waals surface area contributed by atoms with Crippen molar-refractivity contribution in [3.63, 3.8) is 0 Å². The summed E-state index contributed by atoms with van der Waals surface area (Å²) in [6, 6.07) is 5.80. The first kappa shape index (κ1) is 11.0. The minimum atomic E-state index is -0.780. The number of aliphatic carboxylic acids is 1. The Labute approximate surface area is 98.0 Å². The highest BCUT2D eigenvalue weighted by molar-refractivity contribution is 6.35. The van der Waals surface area contributed by atoms with Gasteiger partial charge in [0.1, 0.15) is 0 Å². The van der Waals surface area contributed by atoms with Crippen LogP contribution in [0.5, 0.6) is 0 Å². The lowest BCUT2D eigenvalue weighted by atomic mass is 9.97. The van der Waals surface area contributed by atoms with Crippen molar-refractivity contribution in [3.05, 3.63) is 35.0 Å². The Bertz CT molecular complexity index is 533. The fourth-order valence-corrected chi connectivity index (χ4v) is 2.01. The van der Waals surface area contributed by atoms with Crippen LogP contribution >= 0.6 is 11.6 Å². The van der Waals surface area contributed by atoms with E-state index >= 15 is 0 Å². The number of rotatable bonds is 3. The summed E-state index contributed by atoms with van der Waals surface area (Å²) in [5.74, 6) is -0.777. The number of aromatic amines is 1. The zero-order chi connectivity index (χ0) is 11.7. The summed E-state index contributed by atoms with van der Waals surface area (Å²) in [6.07, 6.45) is 1.87. The zero-order valence-electron chi connectivity index (χ0n) is 8.83. The third-order valence-electron chi connectivity index (χ3n) is 2.71. The summed E-state index contributed by atoms with van der Waals surface area (Å²) in [7, 11) is 0. The van der Waals surface area contributed by atoms with Crippen molar-refractivity contribution >= 4 is 28.5 Å². The Balaban J connectivity index is 2.35. The number of halogens is 1. The average molecular weight is 238 g/mol. The van der Waals surface area contributed by atoms with Crippen molar-refractivity contribution in [2.75, 3.05) is 0 Å². The van der Waals surface area contributed by atoms with Crippen molar-refractivity contribution in [1.82, 2.24) is 4.98 Å². The molecule has 3 nitrogen and oxygen atoms in total. The molecule has 4 heteroatoms. The van der Waals surface area contributed by atoms with Crippen LogP contribution in [0, 0.1) is 0 Å².